The van der Waals surface area contributed by atoms with Crippen LogP contribution in [0, 0.1) is 0 Å². The molecule has 0 bridgehead atoms. The molecular formula is C22H18Cl2N2O3. The van der Waals surface area contributed by atoms with E-state index in [2.05, 4.69) is 10.6 Å². The minimum atomic E-state index is -0.908. The Morgan fingerprint density at radius 1 is 0.862 bits per heavy atom. The summed E-state index contributed by atoms with van der Waals surface area (Å²) in [4.78, 5) is 23.4. The third-order valence-electron chi connectivity index (χ3n) is 4.22. The summed E-state index contributed by atoms with van der Waals surface area (Å²) in [5.74, 6) is -1.27. The van der Waals surface area contributed by atoms with Crippen molar-refractivity contribution in [1.82, 2.24) is 0 Å². The summed E-state index contributed by atoms with van der Waals surface area (Å²) in [6, 6.07) is 19.3. The number of carbonyl (C=O) groups is 2. The monoisotopic (exact) mass is 428 g/mol. The van der Waals surface area contributed by atoms with Gasteiger partial charge in [0.25, 0.3) is 5.91 Å². The van der Waals surface area contributed by atoms with Gasteiger partial charge in [-0.05, 0) is 47.5 Å². The fourth-order valence-electron chi connectivity index (χ4n) is 2.73. The Labute approximate surface area is 178 Å². The van der Waals surface area contributed by atoms with Crippen molar-refractivity contribution >= 4 is 46.5 Å². The number of hydrogen-bond acceptors (Lipinski definition) is 3. The van der Waals surface area contributed by atoms with Crippen molar-refractivity contribution in [2.24, 2.45) is 0 Å². The van der Waals surface area contributed by atoms with E-state index in [0.29, 0.717) is 33.4 Å². The van der Waals surface area contributed by atoms with E-state index in [9.17, 15) is 9.59 Å². The van der Waals surface area contributed by atoms with Crippen molar-refractivity contribution in [1.29, 1.82) is 0 Å². The van der Waals surface area contributed by atoms with Crippen LogP contribution in [0.15, 0.2) is 66.7 Å². The second kappa shape index (κ2) is 9.45. The maximum absolute atomic E-state index is 12.6. The van der Waals surface area contributed by atoms with Crippen LogP contribution in [0.2, 0.25) is 10.0 Å². The highest BCUT2D eigenvalue weighted by atomic mass is 35.5. The third-order valence-corrected chi connectivity index (χ3v) is 4.92. The van der Waals surface area contributed by atoms with Crippen molar-refractivity contribution < 1.29 is 14.7 Å². The Morgan fingerprint density at radius 3 is 2.24 bits per heavy atom. The second-order valence-electron chi connectivity index (χ2n) is 6.36. The molecule has 0 aliphatic carbocycles. The van der Waals surface area contributed by atoms with E-state index in [-0.39, 0.29) is 12.3 Å². The van der Waals surface area contributed by atoms with E-state index in [1.54, 1.807) is 42.5 Å². The lowest BCUT2D eigenvalue weighted by Crippen LogP contribution is -2.13. The normalized spacial score (nSPS) is 10.4. The Balaban J connectivity index is 1.69. The van der Waals surface area contributed by atoms with E-state index >= 15 is 0 Å². The van der Waals surface area contributed by atoms with Gasteiger partial charge >= 0.3 is 5.97 Å². The minimum absolute atomic E-state index is 0.0702. The van der Waals surface area contributed by atoms with Crippen LogP contribution in [0.25, 0.3) is 0 Å². The van der Waals surface area contributed by atoms with Gasteiger partial charge in [-0.3, -0.25) is 9.59 Å². The summed E-state index contributed by atoms with van der Waals surface area (Å²) in [6.45, 7) is 0.507. The Hall–Kier alpha value is -3.02. The summed E-state index contributed by atoms with van der Waals surface area (Å²) in [5, 5.41) is 15.8. The van der Waals surface area contributed by atoms with Crippen molar-refractivity contribution in [2.75, 3.05) is 10.6 Å². The Morgan fingerprint density at radius 2 is 1.55 bits per heavy atom. The van der Waals surface area contributed by atoms with Crippen molar-refractivity contribution in [3.05, 3.63) is 93.5 Å². The number of hydrogen-bond donors (Lipinski definition) is 3. The smallest absolute Gasteiger partial charge is 0.307 e. The molecule has 3 aromatic carbocycles. The van der Waals surface area contributed by atoms with E-state index in [1.807, 2.05) is 24.3 Å². The molecule has 0 unspecified atom stereocenters. The molecule has 0 saturated carbocycles. The molecule has 3 rings (SSSR count). The van der Waals surface area contributed by atoms with Gasteiger partial charge in [-0.2, -0.15) is 0 Å². The van der Waals surface area contributed by atoms with Crippen molar-refractivity contribution in [3.8, 4) is 0 Å². The van der Waals surface area contributed by atoms with E-state index in [1.165, 1.54) is 0 Å². The largest absolute Gasteiger partial charge is 0.481 e. The lowest BCUT2D eigenvalue weighted by Gasteiger charge is -2.12. The molecule has 0 aromatic heterocycles. The number of amides is 1. The maximum Gasteiger partial charge on any atom is 0.307 e. The van der Waals surface area contributed by atoms with Crippen LogP contribution in [-0.4, -0.2) is 17.0 Å². The van der Waals surface area contributed by atoms with Crippen LogP contribution in [-0.2, 0) is 17.8 Å². The van der Waals surface area contributed by atoms with E-state index in [4.69, 9.17) is 28.3 Å². The first-order chi connectivity index (χ1) is 13.9. The average molecular weight is 429 g/mol. The number of aliphatic carboxylic acids is 1. The van der Waals surface area contributed by atoms with E-state index < -0.39 is 5.97 Å². The quantitative estimate of drug-likeness (QED) is 0.465. The van der Waals surface area contributed by atoms with Crippen LogP contribution in [0.5, 0.6) is 0 Å². The molecule has 29 heavy (non-hydrogen) atoms. The summed E-state index contributed by atoms with van der Waals surface area (Å²) < 4.78 is 0. The summed E-state index contributed by atoms with van der Waals surface area (Å²) in [7, 11) is 0. The number of carboxylic acids is 1. The van der Waals surface area contributed by atoms with Gasteiger partial charge in [-0.25, -0.2) is 0 Å². The molecule has 0 fully saturated rings. The topological polar surface area (TPSA) is 78.4 Å². The molecule has 0 radical (unpaired) electrons. The summed E-state index contributed by atoms with van der Waals surface area (Å²) in [5.41, 5.74) is 3.20. The van der Waals surface area contributed by atoms with Crippen LogP contribution in [0.3, 0.4) is 0 Å². The highest BCUT2D eigenvalue weighted by molar-refractivity contribution is 6.34. The van der Waals surface area contributed by atoms with Gasteiger partial charge in [0.15, 0.2) is 0 Å². The molecule has 1 amide bonds. The zero-order valence-electron chi connectivity index (χ0n) is 15.3. The molecule has 0 aliphatic rings. The molecule has 3 aromatic rings. The van der Waals surface area contributed by atoms with Gasteiger partial charge in [0, 0.05) is 22.9 Å². The van der Waals surface area contributed by atoms with Gasteiger partial charge in [0.05, 0.1) is 17.0 Å². The van der Waals surface area contributed by atoms with Gasteiger partial charge in [-0.15, -0.1) is 0 Å². The first-order valence-electron chi connectivity index (χ1n) is 8.81. The number of benzene rings is 3. The van der Waals surface area contributed by atoms with Crippen LogP contribution in [0.4, 0.5) is 11.4 Å². The molecule has 0 heterocycles. The fraction of sp³-hybridized carbons (Fsp3) is 0.0909. The summed E-state index contributed by atoms with van der Waals surface area (Å²) in [6.07, 6.45) is -0.0702. The molecule has 3 N–H and O–H groups in total. The first-order valence-corrected chi connectivity index (χ1v) is 9.57. The van der Waals surface area contributed by atoms with Gasteiger partial charge in [0.1, 0.15) is 0 Å². The molecule has 0 atom stereocenters. The molecule has 0 spiro atoms. The Kier molecular flexibility index (Phi) is 6.75. The first kappa shape index (κ1) is 20.7. The summed E-state index contributed by atoms with van der Waals surface area (Å²) >= 11 is 12.4. The zero-order chi connectivity index (χ0) is 20.8. The van der Waals surface area contributed by atoms with Crippen molar-refractivity contribution in [3.63, 3.8) is 0 Å². The molecular weight excluding hydrogens is 411 g/mol. The van der Waals surface area contributed by atoms with Crippen LogP contribution in [0.1, 0.15) is 21.5 Å². The molecule has 148 valence electrons. The van der Waals surface area contributed by atoms with Gasteiger partial charge in [-0.1, -0.05) is 53.5 Å². The Bertz CT molecular complexity index is 1040. The third kappa shape index (κ3) is 5.73. The average Bonchev–Trinajstić information content (AvgIpc) is 2.69. The van der Waals surface area contributed by atoms with Gasteiger partial charge in [0.2, 0.25) is 0 Å². The molecule has 5 nitrogen and oxygen atoms in total. The number of rotatable bonds is 7. The van der Waals surface area contributed by atoms with Gasteiger partial charge < -0.3 is 15.7 Å². The molecule has 0 saturated heterocycles. The predicted octanol–water partition coefficient (Wildman–Crippen LogP) is 5.48. The highest BCUT2D eigenvalue weighted by Crippen LogP contribution is 2.23. The SMILES string of the molecule is O=C(O)Cc1ccc(NC(=O)c2cc(NCc3ccccc3Cl)ccc2Cl)cc1. The number of nitrogens with one attached hydrogen (secondary N) is 2. The molecule has 7 heteroatoms. The number of carbonyl (C=O) groups excluding carboxylic acids is 1. The number of halogens is 2. The highest BCUT2D eigenvalue weighted by Gasteiger charge is 2.12. The standard InChI is InChI=1S/C22H18Cl2N2O3/c23-19-4-2-1-3-15(19)13-25-17-9-10-20(24)18(12-17)22(29)26-16-7-5-14(6-8-16)11-21(27)28/h1-10,12,25H,11,13H2,(H,26,29)(H,27,28). The van der Waals surface area contributed by atoms with Crippen LogP contribution >= 0.6 is 23.2 Å². The fourth-order valence-corrected chi connectivity index (χ4v) is 3.13. The van der Waals surface area contributed by atoms with Crippen molar-refractivity contribution in [2.45, 2.75) is 13.0 Å². The van der Waals surface area contributed by atoms with E-state index in [0.717, 1.165) is 11.3 Å². The van der Waals surface area contributed by atoms with Crippen LogP contribution < -0.4 is 10.6 Å². The molecule has 0 aliphatic heterocycles. The lowest BCUT2D eigenvalue weighted by atomic mass is 10.1. The predicted molar refractivity (Wildman–Crippen MR) is 116 cm³/mol. The zero-order valence-corrected chi connectivity index (χ0v) is 16.8. The second-order valence-corrected chi connectivity index (χ2v) is 7.18. The number of carboxylic acid groups (broad SMARTS) is 1. The maximum atomic E-state index is 12.6. The lowest BCUT2D eigenvalue weighted by molar-refractivity contribution is -0.136. The number of anilines is 2. The minimum Gasteiger partial charge on any atom is -0.481 e.